The van der Waals surface area contributed by atoms with Crippen molar-refractivity contribution >= 4 is 17.5 Å². The highest BCUT2D eigenvalue weighted by Crippen LogP contribution is 2.19. The van der Waals surface area contributed by atoms with E-state index in [1.807, 2.05) is 87.5 Å². The number of nitrogens with one attached hydrogen (secondary N) is 2. The Balaban J connectivity index is 1.63. The van der Waals surface area contributed by atoms with Gasteiger partial charge < -0.3 is 10.6 Å². The molecule has 0 fully saturated rings. The number of aryl methyl sites for hydroxylation is 1. The van der Waals surface area contributed by atoms with Crippen molar-refractivity contribution in [3.63, 3.8) is 0 Å². The minimum Gasteiger partial charge on any atom is -0.348 e. The van der Waals surface area contributed by atoms with Crippen molar-refractivity contribution in [3.8, 4) is 11.3 Å². The second-order valence-electron chi connectivity index (χ2n) is 7.72. The highest BCUT2D eigenvalue weighted by Gasteiger charge is 2.12. The molecular formula is C25H27N3O2. The van der Waals surface area contributed by atoms with Gasteiger partial charge in [-0.3, -0.25) is 14.6 Å². The third-order valence-electron chi connectivity index (χ3n) is 4.66. The summed E-state index contributed by atoms with van der Waals surface area (Å²) in [4.78, 5) is 29.2. The standard InChI is InChI=1S/C25H27N3O2/c1-17(2)14-24(29)28-21-11-7-8-19(15-21)16-26-25(30)22-12-13-23(27-18(22)3)20-9-5-4-6-10-20/h4-13,15,17H,14,16H2,1-3H3,(H,26,30)(H,28,29). The predicted octanol–water partition coefficient (Wildman–Crippen LogP) is 4.97. The Labute approximate surface area is 177 Å². The SMILES string of the molecule is Cc1nc(-c2ccccc2)ccc1C(=O)NCc1cccc(NC(=O)CC(C)C)c1. The van der Waals surface area contributed by atoms with E-state index in [9.17, 15) is 9.59 Å². The van der Waals surface area contributed by atoms with Gasteiger partial charge in [0, 0.05) is 24.2 Å². The molecule has 30 heavy (non-hydrogen) atoms. The predicted molar refractivity (Wildman–Crippen MR) is 120 cm³/mol. The zero-order chi connectivity index (χ0) is 21.5. The van der Waals surface area contributed by atoms with Crippen LogP contribution in [0.3, 0.4) is 0 Å². The van der Waals surface area contributed by atoms with Crippen LogP contribution in [0.15, 0.2) is 66.7 Å². The van der Waals surface area contributed by atoms with Crippen molar-refractivity contribution in [2.24, 2.45) is 5.92 Å². The minimum atomic E-state index is -0.172. The van der Waals surface area contributed by atoms with Crippen LogP contribution < -0.4 is 10.6 Å². The van der Waals surface area contributed by atoms with Crippen LogP contribution in [-0.2, 0) is 11.3 Å². The van der Waals surface area contributed by atoms with Gasteiger partial charge in [0.05, 0.1) is 17.0 Å². The van der Waals surface area contributed by atoms with E-state index in [0.29, 0.717) is 30.1 Å². The van der Waals surface area contributed by atoms with E-state index in [1.54, 1.807) is 0 Å². The summed E-state index contributed by atoms with van der Waals surface area (Å²) in [6.45, 7) is 6.22. The highest BCUT2D eigenvalue weighted by atomic mass is 16.2. The molecule has 5 nitrogen and oxygen atoms in total. The molecular weight excluding hydrogens is 374 g/mol. The number of aromatic nitrogens is 1. The Morgan fingerprint density at radius 1 is 0.967 bits per heavy atom. The third-order valence-corrected chi connectivity index (χ3v) is 4.66. The lowest BCUT2D eigenvalue weighted by Gasteiger charge is -2.11. The van der Waals surface area contributed by atoms with Crippen molar-refractivity contribution in [2.75, 3.05) is 5.32 Å². The van der Waals surface area contributed by atoms with E-state index >= 15 is 0 Å². The van der Waals surface area contributed by atoms with Gasteiger partial charge in [-0.05, 0) is 42.7 Å². The molecule has 2 amide bonds. The quantitative estimate of drug-likeness (QED) is 0.587. The Bertz CT molecular complexity index is 1030. The molecule has 0 saturated heterocycles. The van der Waals surface area contributed by atoms with Gasteiger partial charge >= 0.3 is 0 Å². The van der Waals surface area contributed by atoms with Crippen LogP contribution in [0, 0.1) is 12.8 Å². The number of carbonyl (C=O) groups excluding carboxylic acids is 2. The molecule has 0 aliphatic heterocycles. The molecule has 0 spiro atoms. The average Bonchev–Trinajstić information content (AvgIpc) is 2.72. The van der Waals surface area contributed by atoms with Crippen LogP contribution in [0.1, 0.15) is 41.9 Å². The van der Waals surface area contributed by atoms with Crippen LogP contribution >= 0.6 is 0 Å². The molecule has 1 aromatic heterocycles. The maximum absolute atomic E-state index is 12.6. The minimum absolute atomic E-state index is 0.00797. The molecule has 2 N–H and O–H groups in total. The number of rotatable bonds is 7. The van der Waals surface area contributed by atoms with E-state index in [2.05, 4.69) is 15.6 Å². The van der Waals surface area contributed by atoms with Crippen LogP contribution in [0.4, 0.5) is 5.69 Å². The molecule has 0 atom stereocenters. The van der Waals surface area contributed by atoms with Gasteiger partial charge in [-0.1, -0.05) is 56.3 Å². The number of amides is 2. The van der Waals surface area contributed by atoms with E-state index in [0.717, 1.165) is 22.5 Å². The zero-order valence-electron chi connectivity index (χ0n) is 17.6. The average molecular weight is 402 g/mol. The first-order valence-corrected chi connectivity index (χ1v) is 10.1. The fraction of sp³-hybridized carbons (Fsp3) is 0.240. The summed E-state index contributed by atoms with van der Waals surface area (Å²) in [7, 11) is 0. The first kappa shape index (κ1) is 21.2. The van der Waals surface area contributed by atoms with E-state index in [4.69, 9.17) is 0 Å². The molecule has 1 heterocycles. The molecule has 0 aliphatic carbocycles. The lowest BCUT2D eigenvalue weighted by Crippen LogP contribution is -2.24. The van der Waals surface area contributed by atoms with Crippen molar-refractivity contribution in [1.29, 1.82) is 0 Å². The number of hydrogen-bond acceptors (Lipinski definition) is 3. The lowest BCUT2D eigenvalue weighted by atomic mass is 10.1. The number of carbonyl (C=O) groups is 2. The molecule has 5 heteroatoms. The highest BCUT2D eigenvalue weighted by molar-refractivity contribution is 5.95. The second-order valence-corrected chi connectivity index (χ2v) is 7.72. The number of benzene rings is 2. The van der Waals surface area contributed by atoms with Crippen molar-refractivity contribution in [2.45, 2.75) is 33.7 Å². The van der Waals surface area contributed by atoms with E-state index < -0.39 is 0 Å². The van der Waals surface area contributed by atoms with Gasteiger partial charge in [0.2, 0.25) is 5.91 Å². The van der Waals surface area contributed by atoms with E-state index in [-0.39, 0.29) is 11.8 Å². The van der Waals surface area contributed by atoms with Gasteiger partial charge in [0.15, 0.2) is 0 Å². The van der Waals surface area contributed by atoms with Gasteiger partial charge in [-0.2, -0.15) is 0 Å². The van der Waals surface area contributed by atoms with Crippen LogP contribution in [0.25, 0.3) is 11.3 Å². The largest absolute Gasteiger partial charge is 0.348 e. The molecule has 0 saturated carbocycles. The summed E-state index contributed by atoms with van der Waals surface area (Å²) in [6, 6.07) is 21.1. The first-order chi connectivity index (χ1) is 14.4. The number of nitrogens with zero attached hydrogens (tertiary/aromatic N) is 1. The third kappa shape index (κ3) is 5.77. The molecule has 2 aromatic carbocycles. The molecule has 154 valence electrons. The topological polar surface area (TPSA) is 71.1 Å². The maximum atomic E-state index is 12.6. The number of pyridine rings is 1. The molecule has 0 radical (unpaired) electrons. The van der Waals surface area contributed by atoms with Crippen LogP contribution in [0.5, 0.6) is 0 Å². The summed E-state index contributed by atoms with van der Waals surface area (Å²) in [5.74, 6) is 0.123. The Hall–Kier alpha value is -3.47. The van der Waals surface area contributed by atoms with Gasteiger partial charge in [-0.25, -0.2) is 0 Å². The molecule has 0 aliphatic rings. The van der Waals surface area contributed by atoms with Gasteiger partial charge in [0.1, 0.15) is 0 Å². The van der Waals surface area contributed by atoms with Crippen LogP contribution in [0.2, 0.25) is 0 Å². The van der Waals surface area contributed by atoms with Crippen molar-refractivity contribution in [1.82, 2.24) is 10.3 Å². The summed E-state index contributed by atoms with van der Waals surface area (Å²) in [5.41, 5.74) is 4.74. The van der Waals surface area contributed by atoms with Gasteiger partial charge in [0.25, 0.3) is 5.91 Å². The number of hydrogen-bond donors (Lipinski definition) is 2. The number of anilines is 1. The lowest BCUT2D eigenvalue weighted by molar-refractivity contribution is -0.116. The Kier molecular flexibility index (Phi) is 6.96. The normalized spacial score (nSPS) is 10.7. The van der Waals surface area contributed by atoms with Crippen LogP contribution in [-0.4, -0.2) is 16.8 Å². The summed E-state index contributed by atoms with van der Waals surface area (Å²) in [5, 5.41) is 5.84. The fourth-order valence-electron chi connectivity index (χ4n) is 3.19. The Morgan fingerprint density at radius 3 is 2.43 bits per heavy atom. The summed E-state index contributed by atoms with van der Waals surface area (Å²) >= 11 is 0. The zero-order valence-corrected chi connectivity index (χ0v) is 17.6. The fourth-order valence-corrected chi connectivity index (χ4v) is 3.19. The smallest absolute Gasteiger partial charge is 0.253 e. The molecule has 3 rings (SSSR count). The monoisotopic (exact) mass is 401 g/mol. The van der Waals surface area contributed by atoms with Gasteiger partial charge in [-0.15, -0.1) is 0 Å². The summed E-state index contributed by atoms with van der Waals surface area (Å²) < 4.78 is 0. The second kappa shape index (κ2) is 9.83. The Morgan fingerprint density at radius 2 is 1.73 bits per heavy atom. The first-order valence-electron chi connectivity index (χ1n) is 10.1. The summed E-state index contributed by atoms with van der Waals surface area (Å²) in [6.07, 6.45) is 0.478. The molecule has 0 unspecified atom stereocenters. The van der Waals surface area contributed by atoms with Crippen molar-refractivity contribution < 1.29 is 9.59 Å². The van der Waals surface area contributed by atoms with Crippen molar-refractivity contribution in [3.05, 3.63) is 83.6 Å². The van der Waals surface area contributed by atoms with E-state index in [1.165, 1.54) is 0 Å². The molecule has 3 aromatic rings. The molecule has 0 bridgehead atoms. The maximum Gasteiger partial charge on any atom is 0.253 e.